The molecule has 2 heterocycles. The molecule has 1 aromatic heterocycles. The fourth-order valence-corrected chi connectivity index (χ4v) is 3.58. The predicted molar refractivity (Wildman–Crippen MR) is 102 cm³/mol. The molecule has 1 aliphatic heterocycles. The number of rotatable bonds is 5. The minimum absolute atomic E-state index is 0.148. The number of alkyl halides is 3. The highest BCUT2D eigenvalue weighted by Crippen LogP contribution is 2.40. The SMILES string of the molecule is COc1cc(C2CC(=O)Nc3n[nH]cc32)ccc1OCc1c(F)cccc1C(F)(F)F. The van der Waals surface area contributed by atoms with Gasteiger partial charge in [0.05, 0.1) is 12.7 Å². The van der Waals surface area contributed by atoms with Crippen LogP contribution in [0.2, 0.25) is 0 Å². The van der Waals surface area contributed by atoms with E-state index in [2.05, 4.69) is 15.5 Å². The molecule has 3 aromatic rings. The highest BCUT2D eigenvalue weighted by Gasteiger charge is 2.35. The lowest BCUT2D eigenvalue weighted by molar-refractivity contribution is -0.138. The summed E-state index contributed by atoms with van der Waals surface area (Å²) in [6.07, 6.45) is -2.83. The van der Waals surface area contributed by atoms with Crippen molar-refractivity contribution in [3.05, 3.63) is 70.7 Å². The summed E-state index contributed by atoms with van der Waals surface area (Å²) in [5.41, 5.74) is -0.142. The number of anilines is 1. The second kappa shape index (κ2) is 7.93. The van der Waals surface area contributed by atoms with E-state index in [0.29, 0.717) is 5.82 Å². The molecule has 31 heavy (non-hydrogen) atoms. The highest BCUT2D eigenvalue weighted by molar-refractivity contribution is 5.94. The van der Waals surface area contributed by atoms with Crippen LogP contribution in [0.15, 0.2) is 42.6 Å². The van der Waals surface area contributed by atoms with Crippen LogP contribution in [0.1, 0.15) is 34.6 Å². The number of aromatic nitrogens is 2. The zero-order valence-corrected chi connectivity index (χ0v) is 16.2. The first-order valence-corrected chi connectivity index (χ1v) is 9.26. The summed E-state index contributed by atoms with van der Waals surface area (Å²) < 4.78 is 64.5. The Labute approximate surface area is 174 Å². The molecule has 1 unspecified atom stereocenters. The fourth-order valence-electron chi connectivity index (χ4n) is 3.58. The Hall–Kier alpha value is -3.56. The first-order chi connectivity index (χ1) is 14.8. The number of carbonyl (C=O) groups excluding carboxylic acids is 1. The van der Waals surface area contributed by atoms with Gasteiger partial charge in [-0.05, 0) is 29.8 Å². The van der Waals surface area contributed by atoms with Crippen LogP contribution in [-0.2, 0) is 17.6 Å². The van der Waals surface area contributed by atoms with Crippen LogP contribution in [0.4, 0.5) is 23.4 Å². The van der Waals surface area contributed by atoms with Gasteiger partial charge >= 0.3 is 6.18 Å². The maximum atomic E-state index is 14.1. The molecule has 6 nitrogen and oxygen atoms in total. The third-order valence-electron chi connectivity index (χ3n) is 5.08. The average Bonchev–Trinajstić information content (AvgIpc) is 3.19. The maximum Gasteiger partial charge on any atom is 0.416 e. The molecule has 0 saturated heterocycles. The minimum atomic E-state index is -4.71. The van der Waals surface area contributed by atoms with Gasteiger partial charge in [0.2, 0.25) is 5.91 Å². The Morgan fingerprint density at radius 1 is 1.19 bits per heavy atom. The van der Waals surface area contributed by atoms with E-state index in [4.69, 9.17) is 9.47 Å². The third-order valence-corrected chi connectivity index (χ3v) is 5.08. The van der Waals surface area contributed by atoms with Crippen LogP contribution in [0.5, 0.6) is 11.5 Å². The van der Waals surface area contributed by atoms with Gasteiger partial charge in [0.1, 0.15) is 12.4 Å². The van der Waals surface area contributed by atoms with Gasteiger partial charge in [-0.2, -0.15) is 18.3 Å². The Morgan fingerprint density at radius 3 is 2.74 bits per heavy atom. The summed E-state index contributed by atoms with van der Waals surface area (Å²) in [5.74, 6) is -0.642. The van der Waals surface area contributed by atoms with Crippen molar-refractivity contribution in [3.63, 3.8) is 0 Å². The van der Waals surface area contributed by atoms with E-state index in [1.807, 2.05) is 0 Å². The quantitative estimate of drug-likeness (QED) is 0.573. The molecular formula is C21H17F4N3O3. The molecule has 0 fully saturated rings. The smallest absolute Gasteiger partial charge is 0.416 e. The van der Waals surface area contributed by atoms with Crippen molar-refractivity contribution in [2.24, 2.45) is 0 Å². The number of halogens is 4. The van der Waals surface area contributed by atoms with Crippen molar-refractivity contribution in [2.75, 3.05) is 12.4 Å². The molecule has 0 saturated carbocycles. The Balaban J connectivity index is 1.61. The summed E-state index contributed by atoms with van der Waals surface area (Å²) in [7, 11) is 1.38. The first kappa shape index (κ1) is 20.7. The zero-order chi connectivity index (χ0) is 22.2. The van der Waals surface area contributed by atoms with Crippen LogP contribution >= 0.6 is 0 Å². The zero-order valence-electron chi connectivity index (χ0n) is 16.2. The van der Waals surface area contributed by atoms with E-state index in [9.17, 15) is 22.4 Å². The predicted octanol–water partition coefficient (Wildman–Crippen LogP) is 4.63. The second-order valence-corrected chi connectivity index (χ2v) is 6.96. The number of amides is 1. The number of methoxy groups -OCH3 is 1. The molecule has 10 heteroatoms. The molecule has 4 rings (SSSR count). The number of nitrogens with zero attached hydrogens (tertiary/aromatic N) is 1. The molecule has 0 bridgehead atoms. The van der Waals surface area contributed by atoms with Crippen LogP contribution < -0.4 is 14.8 Å². The van der Waals surface area contributed by atoms with Crippen molar-refractivity contribution in [3.8, 4) is 11.5 Å². The summed E-state index contributed by atoms with van der Waals surface area (Å²) >= 11 is 0. The number of nitrogens with one attached hydrogen (secondary N) is 2. The fraction of sp³-hybridized carbons (Fsp3) is 0.238. The number of fused-ring (bicyclic) bond motifs is 1. The summed E-state index contributed by atoms with van der Waals surface area (Å²) in [5, 5.41) is 9.39. The van der Waals surface area contributed by atoms with Crippen molar-refractivity contribution < 1.29 is 31.8 Å². The van der Waals surface area contributed by atoms with Gasteiger partial charge in [-0.3, -0.25) is 9.89 Å². The van der Waals surface area contributed by atoms with Gasteiger partial charge in [0, 0.05) is 29.7 Å². The number of hydrogen-bond donors (Lipinski definition) is 2. The molecule has 1 amide bonds. The van der Waals surface area contributed by atoms with Gasteiger partial charge in [-0.1, -0.05) is 12.1 Å². The molecule has 2 N–H and O–H groups in total. The number of hydrogen-bond acceptors (Lipinski definition) is 4. The van der Waals surface area contributed by atoms with E-state index in [-0.39, 0.29) is 29.7 Å². The van der Waals surface area contributed by atoms with E-state index in [1.165, 1.54) is 13.2 Å². The first-order valence-electron chi connectivity index (χ1n) is 9.26. The van der Waals surface area contributed by atoms with E-state index >= 15 is 0 Å². The lowest BCUT2D eigenvalue weighted by Crippen LogP contribution is -2.23. The van der Waals surface area contributed by atoms with Crippen LogP contribution in [0.3, 0.4) is 0 Å². The van der Waals surface area contributed by atoms with E-state index < -0.39 is 29.7 Å². The molecular weight excluding hydrogens is 418 g/mol. The van der Waals surface area contributed by atoms with Gasteiger partial charge in [-0.25, -0.2) is 4.39 Å². The molecule has 0 radical (unpaired) electrons. The third kappa shape index (κ3) is 4.05. The number of ether oxygens (including phenoxy) is 2. The molecule has 1 atom stereocenters. The summed E-state index contributed by atoms with van der Waals surface area (Å²) in [6, 6.07) is 7.60. The number of carbonyl (C=O) groups is 1. The van der Waals surface area contributed by atoms with Crippen LogP contribution in [0.25, 0.3) is 0 Å². The summed E-state index contributed by atoms with van der Waals surface area (Å²) in [4.78, 5) is 12.0. The second-order valence-electron chi connectivity index (χ2n) is 6.96. The van der Waals surface area contributed by atoms with Gasteiger partial charge in [0.15, 0.2) is 17.3 Å². The van der Waals surface area contributed by atoms with Crippen LogP contribution in [-0.4, -0.2) is 23.2 Å². The van der Waals surface area contributed by atoms with Gasteiger partial charge in [-0.15, -0.1) is 0 Å². The standard InChI is InChI=1S/C21H17F4N3O3/c1-30-18-7-11(12-8-19(29)27-20-13(12)9-26-28-20)5-6-17(18)31-10-14-15(21(23,24)25)3-2-4-16(14)22/h2-7,9,12H,8,10H2,1H3,(H2,26,27,28,29). The lowest BCUT2D eigenvalue weighted by atomic mass is 9.87. The Bertz CT molecular complexity index is 1130. The Morgan fingerprint density at radius 2 is 2.00 bits per heavy atom. The summed E-state index contributed by atoms with van der Waals surface area (Å²) in [6.45, 7) is -0.630. The topological polar surface area (TPSA) is 76.2 Å². The minimum Gasteiger partial charge on any atom is -0.493 e. The van der Waals surface area contributed by atoms with Crippen molar-refractivity contribution in [2.45, 2.75) is 25.1 Å². The average molecular weight is 435 g/mol. The molecule has 0 aliphatic carbocycles. The molecule has 0 spiro atoms. The number of H-pyrrole nitrogens is 1. The Kier molecular flexibility index (Phi) is 5.30. The van der Waals surface area contributed by atoms with E-state index in [0.717, 1.165) is 29.3 Å². The van der Waals surface area contributed by atoms with Crippen molar-refractivity contribution in [1.82, 2.24) is 10.2 Å². The number of benzene rings is 2. The van der Waals surface area contributed by atoms with Crippen molar-refractivity contribution >= 4 is 11.7 Å². The molecule has 2 aromatic carbocycles. The van der Waals surface area contributed by atoms with Crippen LogP contribution in [0, 0.1) is 5.82 Å². The highest BCUT2D eigenvalue weighted by atomic mass is 19.4. The monoisotopic (exact) mass is 435 g/mol. The molecule has 1 aliphatic rings. The maximum absolute atomic E-state index is 14.1. The lowest BCUT2D eigenvalue weighted by Gasteiger charge is -2.23. The normalized spacial score (nSPS) is 15.9. The number of aromatic amines is 1. The molecule has 162 valence electrons. The van der Waals surface area contributed by atoms with Gasteiger partial charge in [0.25, 0.3) is 0 Å². The van der Waals surface area contributed by atoms with Crippen molar-refractivity contribution in [1.29, 1.82) is 0 Å². The largest absolute Gasteiger partial charge is 0.493 e. The van der Waals surface area contributed by atoms with Gasteiger partial charge < -0.3 is 14.8 Å². The van der Waals surface area contributed by atoms with E-state index in [1.54, 1.807) is 18.3 Å².